The summed E-state index contributed by atoms with van der Waals surface area (Å²) in [5, 5.41) is 4.27. The van der Waals surface area contributed by atoms with Crippen LogP contribution in [0.15, 0.2) is 36.9 Å². The summed E-state index contributed by atoms with van der Waals surface area (Å²) in [6.45, 7) is 8.15. The molecule has 0 saturated carbocycles. The lowest BCUT2D eigenvalue weighted by Crippen LogP contribution is -2.41. The Balaban J connectivity index is 2.01. The molecule has 0 N–H and O–H groups in total. The van der Waals surface area contributed by atoms with Crippen molar-refractivity contribution < 1.29 is 9.31 Å². The molecule has 0 unspecified atom stereocenters. The van der Waals surface area contributed by atoms with E-state index in [0.29, 0.717) is 0 Å². The predicted octanol–water partition coefficient (Wildman–Crippen LogP) is 1.57. The van der Waals surface area contributed by atoms with Crippen LogP contribution in [0, 0.1) is 0 Å². The Hall–Kier alpha value is -1.66. The molecule has 2 aromatic rings. The molecule has 104 valence electrons. The van der Waals surface area contributed by atoms with E-state index in [0.717, 1.165) is 11.2 Å². The Morgan fingerprint density at radius 2 is 1.80 bits per heavy atom. The third-order valence-electron chi connectivity index (χ3n) is 4.09. The van der Waals surface area contributed by atoms with Gasteiger partial charge in [-0.25, -0.2) is 4.68 Å². The lowest BCUT2D eigenvalue weighted by atomic mass is 9.79. The summed E-state index contributed by atoms with van der Waals surface area (Å²) in [4.78, 5) is 4.19. The van der Waals surface area contributed by atoms with Crippen LogP contribution in [0.2, 0.25) is 0 Å². The van der Waals surface area contributed by atoms with Crippen LogP contribution in [0.5, 0.6) is 0 Å². The maximum Gasteiger partial charge on any atom is 0.498 e. The number of aromatic nitrogens is 3. The molecule has 0 atom stereocenters. The van der Waals surface area contributed by atoms with Gasteiger partial charge in [-0.1, -0.05) is 0 Å². The van der Waals surface area contributed by atoms with Crippen molar-refractivity contribution in [2.24, 2.45) is 0 Å². The van der Waals surface area contributed by atoms with Gasteiger partial charge in [0, 0.05) is 30.3 Å². The van der Waals surface area contributed by atoms with Gasteiger partial charge in [-0.15, -0.1) is 0 Å². The van der Waals surface area contributed by atoms with Gasteiger partial charge in [0.25, 0.3) is 0 Å². The molecule has 6 heteroatoms. The maximum atomic E-state index is 6.09. The normalized spacial score (nSPS) is 20.3. The van der Waals surface area contributed by atoms with E-state index in [1.54, 1.807) is 23.3 Å². The van der Waals surface area contributed by atoms with E-state index in [-0.39, 0.29) is 11.2 Å². The van der Waals surface area contributed by atoms with Crippen molar-refractivity contribution in [1.82, 2.24) is 14.8 Å². The minimum Gasteiger partial charge on any atom is -0.399 e. The molecule has 0 spiro atoms. The highest BCUT2D eigenvalue weighted by Crippen LogP contribution is 2.36. The summed E-state index contributed by atoms with van der Waals surface area (Å²) in [5.74, 6) is 0. The quantitative estimate of drug-likeness (QED) is 0.778. The second kappa shape index (κ2) is 4.43. The molecule has 0 aromatic carbocycles. The molecule has 3 heterocycles. The molecule has 1 fully saturated rings. The average Bonchev–Trinajstić information content (AvgIpc) is 2.97. The van der Waals surface area contributed by atoms with Crippen molar-refractivity contribution in [1.29, 1.82) is 0 Å². The molecular formula is C14H18BN3O2. The van der Waals surface area contributed by atoms with Gasteiger partial charge < -0.3 is 9.31 Å². The van der Waals surface area contributed by atoms with E-state index in [9.17, 15) is 0 Å². The summed E-state index contributed by atoms with van der Waals surface area (Å²) in [6, 6.07) is 3.79. The van der Waals surface area contributed by atoms with Gasteiger partial charge in [0.05, 0.1) is 16.9 Å². The number of rotatable bonds is 2. The van der Waals surface area contributed by atoms with Crippen LogP contribution in [-0.4, -0.2) is 33.1 Å². The molecule has 5 nitrogen and oxygen atoms in total. The number of hydrogen-bond acceptors (Lipinski definition) is 4. The summed E-state index contributed by atoms with van der Waals surface area (Å²) < 4.78 is 14.0. The van der Waals surface area contributed by atoms with Crippen molar-refractivity contribution in [2.45, 2.75) is 38.9 Å². The maximum absolute atomic E-state index is 6.09. The van der Waals surface area contributed by atoms with Crippen LogP contribution in [-0.2, 0) is 9.31 Å². The van der Waals surface area contributed by atoms with Gasteiger partial charge in [-0.3, -0.25) is 4.98 Å². The summed E-state index contributed by atoms with van der Waals surface area (Å²) in [7, 11) is -0.437. The lowest BCUT2D eigenvalue weighted by Gasteiger charge is -2.32. The minimum atomic E-state index is -0.437. The molecule has 1 saturated heterocycles. The third-order valence-corrected chi connectivity index (χ3v) is 4.09. The SMILES string of the molecule is CC1(C)OB(c2cnccc2-n2cccn2)OC1(C)C. The van der Waals surface area contributed by atoms with Crippen molar-refractivity contribution in [3.05, 3.63) is 36.9 Å². The van der Waals surface area contributed by atoms with E-state index in [2.05, 4.69) is 10.1 Å². The topological polar surface area (TPSA) is 49.2 Å². The second-order valence-electron chi connectivity index (χ2n) is 5.97. The van der Waals surface area contributed by atoms with Crippen molar-refractivity contribution >= 4 is 12.6 Å². The first-order valence-corrected chi connectivity index (χ1v) is 6.70. The van der Waals surface area contributed by atoms with Gasteiger partial charge in [0.15, 0.2) is 0 Å². The molecule has 0 amide bonds. The molecule has 1 aliphatic rings. The zero-order valence-corrected chi connectivity index (χ0v) is 12.2. The highest BCUT2D eigenvalue weighted by atomic mass is 16.7. The Labute approximate surface area is 119 Å². The van der Waals surface area contributed by atoms with Crippen LogP contribution in [0.3, 0.4) is 0 Å². The lowest BCUT2D eigenvalue weighted by molar-refractivity contribution is 0.00578. The van der Waals surface area contributed by atoms with Crippen LogP contribution in [0.4, 0.5) is 0 Å². The van der Waals surface area contributed by atoms with Crippen LogP contribution >= 0.6 is 0 Å². The van der Waals surface area contributed by atoms with Crippen LogP contribution in [0.25, 0.3) is 5.69 Å². The molecular weight excluding hydrogens is 253 g/mol. The first-order valence-electron chi connectivity index (χ1n) is 6.70. The number of hydrogen-bond donors (Lipinski definition) is 0. The zero-order chi connectivity index (χ0) is 14.4. The summed E-state index contributed by atoms with van der Waals surface area (Å²) in [5.41, 5.74) is 1.07. The van der Waals surface area contributed by atoms with Gasteiger partial charge in [0.2, 0.25) is 0 Å². The van der Waals surface area contributed by atoms with E-state index in [1.165, 1.54) is 0 Å². The van der Waals surface area contributed by atoms with Gasteiger partial charge >= 0.3 is 7.12 Å². The Morgan fingerprint density at radius 3 is 2.40 bits per heavy atom. The van der Waals surface area contributed by atoms with Gasteiger partial charge in [0.1, 0.15) is 0 Å². The van der Waals surface area contributed by atoms with Gasteiger partial charge in [-0.05, 0) is 39.8 Å². The van der Waals surface area contributed by atoms with E-state index in [4.69, 9.17) is 9.31 Å². The van der Waals surface area contributed by atoms with E-state index >= 15 is 0 Å². The molecule has 1 aliphatic heterocycles. The highest BCUT2D eigenvalue weighted by Gasteiger charge is 2.52. The first kappa shape index (κ1) is 13.3. The van der Waals surface area contributed by atoms with Crippen LogP contribution in [0.1, 0.15) is 27.7 Å². The molecule has 0 bridgehead atoms. The van der Waals surface area contributed by atoms with E-state index < -0.39 is 7.12 Å². The van der Waals surface area contributed by atoms with Crippen LogP contribution < -0.4 is 5.46 Å². The van der Waals surface area contributed by atoms with Crippen molar-refractivity contribution in [3.63, 3.8) is 0 Å². The Bertz CT molecular complexity index is 595. The molecule has 0 radical (unpaired) electrons. The zero-order valence-electron chi connectivity index (χ0n) is 12.2. The highest BCUT2D eigenvalue weighted by molar-refractivity contribution is 6.63. The molecule has 3 rings (SSSR count). The minimum absolute atomic E-state index is 0.366. The summed E-state index contributed by atoms with van der Waals surface area (Å²) >= 11 is 0. The number of pyridine rings is 1. The molecule has 20 heavy (non-hydrogen) atoms. The second-order valence-corrected chi connectivity index (χ2v) is 5.97. The standard InChI is InChI=1S/C14H18BN3O2/c1-13(2)14(3,4)20-15(19-13)11-10-16-8-6-12(11)18-9-5-7-17-18/h5-10H,1-4H3. The summed E-state index contributed by atoms with van der Waals surface area (Å²) in [6.07, 6.45) is 7.16. The fourth-order valence-electron chi connectivity index (χ4n) is 2.17. The fraction of sp³-hybridized carbons (Fsp3) is 0.429. The predicted molar refractivity (Wildman–Crippen MR) is 77.1 cm³/mol. The van der Waals surface area contributed by atoms with Crippen molar-refractivity contribution in [2.75, 3.05) is 0 Å². The van der Waals surface area contributed by atoms with E-state index in [1.807, 2.05) is 46.0 Å². The first-order chi connectivity index (χ1) is 9.41. The Morgan fingerprint density at radius 1 is 1.10 bits per heavy atom. The Kier molecular flexibility index (Phi) is 2.95. The smallest absolute Gasteiger partial charge is 0.399 e. The monoisotopic (exact) mass is 271 g/mol. The third kappa shape index (κ3) is 2.05. The largest absolute Gasteiger partial charge is 0.498 e. The van der Waals surface area contributed by atoms with Crippen molar-refractivity contribution in [3.8, 4) is 5.69 Å². The van der Waals surface area contributed by atoms with Gasteiger partial charge in [-0.2, -0.15) is 5.10 Å². The fourth-order valence-corrected chi connectivity index (χ4v) is 2.17. The number of nitrogens with zero attached hydrogens (tertiary/aromatic N) is 3. The molecule has 0 aliphatic carbocycles. The average molecular weight is 271 g/mol. The molecule has 2 aromatic heterocycles.